The molecule has 1 amide bonds. The van der Waals surface area contributed by atoms with Crippen LogP contribution in [0.1, 0.15) is 34.7 Å². The fourth-order valence-electron chi connectivity index (χ4n) is 2.44. The van der Waals surface area contributed by atoms with Crippen LogP contribution in [0.3, 0.4) is 0 Å². The lowest BCUT2D eigenvalue weighted by molar-refractivity contribution is -0.00576. The fraction of sp³-hybridized carbons (Fsp3) is 0.400. The summed E-state index contributed by atoms with van der Waals surface area (Å²) in [5, 5.41) is 3.83. The van der Waals surface area contributed by atoms with Crippen LogP contribution in [-0.2, 0) is 11.2 Å². The predicted molar refractivity (Wildman–Crippen MR) is 74.7 cm³/mol. The Morgan fingerprint density at radius 3 is 2.86 bits per heavy atom. The predicted octanol–water partition coefficient (Wildman–Crippen LogP) is 1.85. The number of carbonyl (C=O) groups excluding carboxylic acids is 1. The van der Waals surface area contributed by atoms with E-state index in [1.807, 2.05) is 24.3 Å². The highest BCUT2D eigenvalue weighted by Crippen LogP contribution is 2.23. The van der Waals surface area contributed by atoms with Crippen LogP contribution in [0.4, 0.5) is 0 Å². The van der Waals surface area contributed by atoms with Crippen molar-refractivity contribution in [1.82, 2.24) is 15.0 Å². The minimum atomic E-state index is -0.296. The maximum Gasteiger partial charge on any atom is 0.254 e. The Kier molecular flexibility index (Phi) is 3.96. The molecule has 1 aliphatic rings. The molecule has 0 N–H and O–H groups in total. The van der Waals surface area contributed by atoms with Crippen molar-refractivity contribution in [2.75, 3.05) is 19.8 Å². The summed E-state index contributed by atoms with van der Waals surface area (Å²) in [5.41, 5.74) is 1.88. The molecule has 2 aromatic rings. The lowest BCUT2D eigenvalue weighted by Gasteiger charge is -2.33. The number of carbonyl (C=O) groups is 1. The number of benzene rings is 1. The number of hydrogen-bond acceptors (Lipinski definition) is 5. The second kappa shape index (κ2) is 6.05. The normalized spacial score (nSPS) is 18.7. The van der Waals surface area contributed by atoms with Gasteiger partial charge in [-0.2, -0.15) is 4.98 Å². The molecule has 110 valence electrons. The molecule has 3 rings (SSSR count). The van der Waals surface area contributed by atoms with Crippen LogP contribution in [0.2, 0.25) is 0 Å². The van der Waals surface area contributed by atoms with E-state index in [9.17, 15) is 4.79 Å². The number of rotatable bonds is 3. The van der Waals surface area contributed by atoms with E-state index in [2.05, 4.69) is 17.1 Å². The van der Waals surface area contributed by atoms with Crippen LogP contribution in [0.5, 0.6) is 0 Å². The standard InChI is InChI=1S/C15H17N3O3/c1-2-11-3-5-12(6-4-11)15(19)18-7-8-20-9-13(18)14-16-10-21-17-14/h3-6,10,13H,2,7-9H2,1H3. The van der Waals surface area contributed by atoms with Gasteiger partial charge in [0.2, 0.25) is 6.39 Å². The van der Waals surface area contributed by atoms with E-state index in [4.69, 9.17) is 9.26 Å². The zero-order valence-electron chi connectivity index (χ0n) is 11.9. The maximum atomic E-state index is 12.7. The van der Waals surface area contributed by atoms with Crippen molar-refractivity contribution in [2.24, 2.45) is 0 Å². The molecule has 6 nitrogen and oxygen atoms in total. The van der Waals surface area contributed by atoms with Crippen molar-refractivity contribution in [3.63, 3.8) is 0 Å². The van der Waals surface area contributed by atoms with Gasteiger partial charge in [0, 0.05) is 12.1 Å². The number of hydrogen-bond donors (Lipinski definition) is 0. The van der Waals surface area contributed by atoms with Gasteiger partial charge in [0.05, 0.1) is 13.2 Å². The molecule has 0 aliphatic carbocycles. The van der Waals surface area contributed by atoms with Gasteiger partial charge in [-0.15, -0.1) is 0 Å². The molecule has 1 saturated heterocycles. The molecule has 0 radical (unpaired) electrons. The van der Waals surface area contributed by atoms with Gasteiger partial charge in [-0.1, -0.05) is 24.2 Å². The summed E-state index contributed by atoms with van der Waals surface area (Å²) in [7, 11) is 0. The van der Waals surface area contributed by atoms with E-state index in [1.54, 1.807) is 4.90 Å². The molecule has 0 bridgehead atoms. The van der Waals surface area contributed by atoms with Gasteiger partial charge >= 0.3 is 0 Å². The summed E-state index contributed by atoms with van der Waals surface area (Å²) in [6.07, 6.45) is 2.22. The Hall–Kier alpha value is -2.21. The number of morpholine rings is 1. The first-order valence-electron chi connectivity index (χ1n) is 7.03. The Labute approximate surface area is 122 Å². The molecule has 1 atom stereocenters. The van der Waals surface area contributed by atoms with Gasteiger partial charge in [-0.05, 0) is 24.1 Å². The van der Waals surface area contributed by atoms with Crippen LogP contribution in [0, 0.1) is 0 Å². The quantitative estimate of drug-likeness (QED) is 0.861. The maximum absolute atomic E-state index is 12.7. The van der Waals surface area contributed by atoms with Crippen molar-refractivity contribution in [3.05, 3.63) is 47.6 Å². The molecule has 1 unspecified atom stereocenters. The summed E-state index contributed by atoms with van der Waals surface area (Å²) in [4.78, 5) is 18.5. The monoisotopic (exact) mass is 287 g/mol. The zero-order valence-corrected chi connectivity index (χ0v) is 11.9. The molecule has 0 spiro atoms. The van der Waals surface area contributed by atoms with E-state index in [0.29, 0.717) is 31.1 Å². The van der Waals surface area contributed by atoms with Gasteiger partial charge < -0.3 is 14.2 Å². The van der Waals surface area contributed by atoms with Crippen LogP contribution in [0.15, 0.2) is 35.2 Å². The molecule has 1 aromatic carbocycles. The molecule has 21 heavy (non-hydrogen) atoms. The minimum Gasteiger partial charge on any atom is -0.377 e. The lowest BCUT2D eigenvalue weighted by Crippen LogP contribution is -2.43. The van der Waals surface area contributed by atoms with E-state index in [-0.39, 0.29) is 11.9 Å². The summed E-state index contributed by atoms with van der Waals surface area (Å²) >= 11 is 0. The van der Waals surface area contributed by atoms with Crippen LogP contribution < -0.4 is 0 Å². The van der Waals surface area contributed by atoms with Crippen molar-refractivity contribution in [3.8, 4) is 0 Å². The fourth-order valence-corrected chi connectivity index (χ4v) is 2.44. The van der Waals surface area contributed by atoms with Gasteiger partial charge in [0.15, 0.2) is 5.82 Å². The highest BCUT2D eigenvalue weighted by Gasteiger charge is 2.32. The van der Waals surface area contributed by atoms with E-state index in [0.717, 1.165) is 6.42 Å². The van der Waals surface area contributed by atoms with Crippen molar-refractivity contribution < 1.29 is 14.1 Å². The SMILES string of the molecule is CCc1ccc(C(=O)N2CCOCC2c2ncon2)cc1. The van der Waals surface area contributed by atoms with Gasteiger partial charge in [-0.25, -0.2) is 0 Å². The van der Waals surface area contributed by atoms with Gasteiger partial charge in [0.1, 0.15) is 6.04 Å². The number of nitrogens with zero attached hydrogens (tertiary/aromatic N) is 3. The Morgan fingerprint density at radius 1 is 1.38 bits per heavy atom. The average Bonchev–Trinajstić information content (AvgIpc) is 3.08. The first-order chi connectivity index (χ1) is 10.3. The summed E-state index contributed by atoms with van der Waals surface area (Å²) < 4.78 is 10.2. The van der Waals surface area contributed by atoms with E-state index in [1.165, 1.54) is 12.0 Å². The number of amides is 1. The third-order valence-corrected chi connectivity index (χ3v) is 3.67. The average molecular weight is 287 g/mol. The van der Waals surface area contributed by atoms with Gasteiger partial charge in [0.25, 0.3) is 5.91 Å². The summed E-state index contributed by atoms with van der Waals surface area (Å²) in [5.74, 6) is 0.448. The molecular formula is C15H17N3O3. The second-order valence-electron chi connectivity index (χ2n) is 4.93. The summed E-state index contributed by atoms with van der Waals surface area (Å²) in [6.45, 7) is 3.52. The highest BCUT2D eigenvalue weighted by molar-refractivity contribution is 5.94. The molecule has 0 saturated carbocycles. The van der Waals surface area contributed by atoms with Crippen molar-refractivity contribution in [1.29, 1.82) is 0 Å². The van der Waals surface area contributed by atoms with Crippen LogP contribution in [0.25, 0.3) is 0 Å². The number of aryl methyl sites for hydroxylation is 1. The molecule has 2 heterocycles. The molecular weight excluding hydrogens is 270 g/mol. The van der Waals surface area contributed by atoms with Crippen LogP contribution >= 0.6 is 0 Å². The first kappa shape index (κ1) is 13.8. The van der Waals surface area contributed by atoms with Crippen LogP contribution in [-0.4, -0.2) is 40.7 Å². The topological polar surface area (TPSA) is 68.5 Å². The third kappa shape index (κ3) is 2.80. The van der Waals surface area contributed by atoms with E-state index < -0.39 is 0 Å². The second-order valence-corrected chi connectivity index (χ2v) is 4.93. The van der Waals surface area contributed by atoms with Crippen molar-refractivity contribution >= 4 is 5.91 Å². The molecule has 1 aliphatic heterocycles. The molecule has 1 aromatic heterocycles. The third-order valence-electron chi connectivity index (χ3n) is 3.67. The van der Waals surface area contributed by atoms with E-state index >= 15 is 0 Å². The largest absolute Gasteiger partial charge is 0.377 e. The lowest BCUT2D eigenvalue weighted by atomic mass is 10.1. The summed E-state index contributed by atoms with van der Waals surface area (Å²) in [6, 6.07) is 7.40. The smallest absolute Gasteiger partial charge is 0.254 e. The Bertz CT molecular complexity index is 595. The Morgan fingerprint density at radius 2 is 2.19 bits per heavy atom. The minimum absolute atomic E-state index is 0.0317. The highest BCUT2D eigenvalue weighted by atomic mass is 16.5. The van der Waals surface area contributed by atoms with Gasteiger partial charge in [-0.3, -0.25) is 4.79 Å². The number of aromatic nitrogens is 2. The molecule has 6 heteroatoms. The first-order valence-corrected chi connectivity index (χ1v) is 7.03. The number of ether oxygens (including phenoxy) is 1. The zero-order chi connectivity index (χ0) is 14.7. The Balaban J connectivity index is 1.83. The van der Waals surface area contributed by atoms with Crippen molar-refractivity contribution in [2.45, 2.75) is 19.4 Å². The molecule has 1 fully saturated rings.